The van der Waals surface area contributed by atoms with Crippen LogP contribution in [0.3, 0.4) is 0 Å². The summed E-state index contributed by atoms with van der Waals surface area (Å²) in [7, 11) is 3.19. The van der Waals surface area contributed by atoms with Crippen molar-refractivity contribution in [3.05, 3.63) is 35.9 Å². The van der Waals surface area contributed by atoms with Crippen molar-refractivity contribution in [1.29, 1.82) is 0 Å². The maximum Gasteiger partial charge on any atom is 0.305 e. The minimum absolute atomic E-state index is 0.137. The number of carbonyl (C=O) groups excluding carboxylic acids is 1. The zero-order valence-electron chi connectivity index (χ0n) is 13.8. The van der Waals surface area contributed by atoms with E-state index in [2.05, 4.69) is 39.4 Å². The molecule has 5 heteroatoms. The maximum absolute atomic E-state index is 11.0. The molecule has 0 radical (unpaired) electrons. The van der Waals surface area contributed by atoms with Gasteiger partial charge in [-0.25, -0.2) is 0 Å². The van der Waals surface area contributed by atoms with Gasteiger partial charge in [0.1, 0.15) is 0 Å². The fraction of sp³-hybridized carbons (Fsp3) is 0.529. The van der Waals surface area contributed by atoms with Gasteiger partial charge in [0.15, 0.2) is 5.96 Å². The van der Waals surface area contributed by atoms with E-state index in [0.29, 0.717) is 6.42 Å². The van der Waals surface area contributed by atoms with Crippen molar-refractivity contribution in [2.24, 2.45) is 4.99 Å². The van der Waals surface area contributed by atoms with Crippen molar-refractivity contribution < 1.29 is 9.53 Å². The van der Waals surface area contributed by atoms with Gasteiger partial charge in [-0.2, -0.15) is 0 Å². The second-order valence-electron chi connectivity index (χ2n) is 5.16. The van der Waals surface area contributed by atoms with Crippen LogP contribution in [0.15, 0.2) is 35.3 Å². The highest BCUT2D eigenvalue weighted by Crippen LogP contribution is 2.10. The number of hydrogen-bond acceptors (Lipinski definition) is 3. The first-order valence-electron chi connectivity index (χ1n) is 7.76. The number of benzene rings is 1. The average Bonchev–Trinajstić information content (AvgIpc) is 2.57. The summed E-state index contributed by atoms with van der Waals surface area (Å²) in [6, 6.07) is 10.5. The summed E-state index contributed by atoms with van der Waals surface area (Å²) in [6.45, 7) is 2.95. The molecule has 0 aliphatic rings. The number of methoxy groups -OCH3 is 1. The zero-order chi connectivity index (χ0) is 16.2. The Labute approximate surface area is 133 Å². The highest BCUT2D eigenvalue weighted by molar-refractivity contribution is 5.80. The predicted octanol–water partition coefficient (Wildman–Crippen LogP) is 2.65. The molecule has 1 rings (SSSR count). The van der Waals surface area contributed by atoms with Crippen LogP contribution in [0.1, 0.15) is 44.2 Å². The molecule has 1 atom stereocenters. The maximum atomic E-state index is 11.0. The van der Waals surface area contributed by atoms with E-state index < -0.39 is 0 Å². The topological polar surface area (TPSA) is 62.7 Å². The first-order chi connectivity index (χ1) is 10.7. The Morgan fingerprint density at radius 3 is 2.59 bits per heavy atom. The summed E-state index contributed by atoms with van der Waals surface area (Å²) < 4.78 is 4.61. The van der Waals surface area contributed by atoms with Crippen LogP contribution in [-0.4, -0.2) is 32.6 Å². The Bertz CT molecular complexity index is 460. The first-order valence-corrected chi connectivity index (χ1v) is 7.76. The van der Waals surface area contributed by atoms with Crippen LogP contribution in [0.5, 0.6) is 0 Å². The molecule has 0 amide bonds. The number of rotatable bonds is 8. The average molecular weight is 305 g/mol. The number of carbonyl (C=O) groups is 1. The van der Waals surface area contributed by atoms with Gasteiger partial charge in [0.2, 0.25) is 0 Å². The first kappa shape index (κ1) is 18.0. The van der Waals surface area contributed by atoms with Crippen molar-refractivity contribution in [1.82, 2.24) is 10.6 Å². The minimum atomic E-state index is -0.137. The molecule has 0 spiro atoms. The van der Waals surface area contributed by atoms with Gasteiger partial charge >= 0.3 is 5.97 Å². The monoisotopic (exact) mass is 305 g/mol. The van der Waals surface area contributed by atoms with Gasteiger partial charge in [-0.3, -0.25) is 9.79 Å². The molecule has 1 aromatic rings. The molecule has 0 saturated heterocycles. The predicted molar refractivity (Wildman–Crippen MR) is 89.8 cm³/mol. The van der Waals surface area contributed by atoms with Gasteiger partial charge < -0.3 is 15.4 Å². The normalized spacial score (nSPS) is 12.6. The number of nitrogens with zero attached hydrogens (tertiary/aromatic N) is 1. The molecule has 5 nitrogen and oxygen atoms in total. The molecule has 0 aliphatic carbocycles. The van der Waals surface area contributed by atoms with Crippen LogP contribution in [0.25, 0.3) is 0 Å². The molecule has 22 heavy (non-hydrogen) atoms. The summed E-state index contributed by atoms with van der Waals surface area (Å²) in [5.41, 5.74) is 1.23. The highest BCUT2D eigenvalue weighted by atomic mass is 16.5. The largest absolute Gasteiger partial charge is 0.469 e. The lowest BCUT2D eigenvalue weighted by Gasteiger charge is -2.18. The minimum Gasteiger partial charge on any atom is -0.469 e. The Balaban J connectivity index is 2.22. The number of hydrogen-bond donors (Lipinski definition) is 2. The number of unbranched alkanes of at least 4 members (excludes halogenated alkanes) is 2. The highest BCUT2D eigenvalue weighted by Gasteiger charge is 2.06. The van der Waals surface area contributed by atoms with Crippen molar-refractivity contribution in [2.45, 2.75) is 38.6 Å². The fourth-order valence-electron chi connectivity index (χ4n) is 2.10. The van der Waals surface area contributed by atoms with Gasteiger partial charge in [-0.1, -0.05) is 36.8 Å². The molecule has 1 aromatic carbocycles. The smallest absolute Gasteiger partial charge is 0.305 e. The van der Waals surface area contributed by atoms with Gasteiger partial charge in [-0.15, -0.1) is 0 Å². The lowest BCUT2D eigenvalue weighted by Crippen LogP contribution is -2.39. The lowest BCUT2D eigenvalue weighted by atomic mass is 10.1. The van der Waals surface area contributed by atoms with E-state index in [-0.39, 0.29) is 12.0 Å². The van der Waals surface area contributed by atoms with Crippen LogP contribution < -0.4 is 10.6 Å². The molecular weight excluding hydrogens is 278 g/mol. The SMILES string of the molecule is CN=C(NCCCCCC(=O)OC)NC(C)c1ccccc1. The van der Waals surface area contributed by atoms with E-state index in [9.17, 15) is 4.79 Å². The molecule has 2 N–H and O–H groups in total. The van der Waals surface area contributed by atoms with Crippen molar-refractivity contribution in [3.63, 3.8) is 0 Å². The Kier molecular flexibility index (Phi) is 8.72. The number of esters is 1. The summed E-state index contributed by atoms with van der Waals surface area (Å²) >= 11 is 0. The number of ether oxygens (including phenoxy) is 1. The summed E-state index contributed by atoms with van der Waals surface area (Å²) in [4.78, 5) is 15.2. The lowest BCUT2D eigenvalue weighted by molar-refractivity contribution is -0.140. The fourth-order valence-corrected chi connectivity index (χ4v) is 2.10. The third-order valence-electron chi connectivity index (χ3n) is 3.45. The van der Waals surface area contributed by atoms with Crippen LogP contribution in [0.2, 0.25) is 0 Å². The number of nitrogens with one attached hydrogen (secondary N) is 2. The third kappa shape index (κ3) is 7.11. The van der Waals surface area contributed by atoms with Crippen molar-refractivity contribution >= 4 is 11.9 Å². The van der Waals surface area contributed by atoms with Gasteiger partial charge in [0.05, 0.1) is 13.2 Å². The molecule has 1 unspecified atom stereocenters. The van der Waals surface area contributed by atoms with Gasteiger partial charge in [0, 0.05) is 20.0 Å². The Morgan fingerprint density at radius 1 is 1.23 bits per heavy atom. The van der Waals surface area contributed by atoms with Crippen LogP contribution >= 0.6 is 0 Å². The molecular formula is C17H27N3O2. The van der Waals surface area contributed by atoms with E-state index in [0.717, 1.165) is 31.8 Å². The zero-order valence-corrected chi connectivity index (χ0v) is 13.8. The van der Waals surface area contributed by atoms with E-state index in [1.54, 1.807) is 7.05 Å². The van der Waals surface area contributed by atoms with E-state index >= 15 is 0 Å². The van der Waals surface area contributed by atoms with Crippen LogP contribution in [0.4, 0.5) is 0 Å². The molecule has 0 heterocycles. The Morgan fingerprint density at radius 2 is 1.95 bits per heavy atom. The van der Waals surface area contributed by atoms with Gasteiger partial charge in [-0.05, 0) is 25.3 Å². The molecule has 0 aliphatic heterocycles. The summed E-state index contributed by atoms with van der Waals surface area (Å²) in [6.07, 6.45) is 3.35. The second-order valence-corrected chi connectivity index (χ2v) is 5.16. The van der Waals surface area contributed by atoms with E-state index in [4.69, 9.17) is 0 Å². The number of guanidine groups is 1. The summed E-state index contributed by atoms with van der Waals surface area (Å²) in [5.74, 6) is 0.659. The molecule has 0 fully saturated rings. The summed E-state index contributed by atoms with van der Waals surface area (Å²) in [5, 5.41) is 6.66. The molecule has 122 valence electrons. The van der Waals surface area contributed by atoms with E-state index in [1.807, 2.05) is 18.2 Å². The molecule has 0 bridgehead atoms. The second kappa shape index (κ2) is 10.7. The quantitative estimate of drug-likeness (QED) is 0.335. The number of aliphatic imine (C=N–C) groups is 1. The Hall–Kier alpha value is -2.04. The third-order valence-corrected chi connectivity index (χ3v) is 3.45. The molecule has 0 saturated carbocycles. The van der Waals surface area contributed by atoms with Gasteiger partial charge in [0.25, 0.3) is 0 Å². The molecule has 0 aromatic heterocycles. The standard InChI is InChI=1S/C17H27N3O2/c1-14(15-10-6-4-7-11-15)20-17(18-2)19-13-9-5-8-12-16(21)22-3/h4,6-7,10-11,14H,5,8-9,12-13H2,1-3H3,(H2,18,19,20). The van der Waals surface area contributed by atoms with Crippen LogP contribution in [-0.2, 0) is 9.53 Å². The van der Waals surface area contributed by atoms with Crippen molar-refractivity contribution in [3.8, 4) is 0 Å². The van der Waals surface area contributed by atoms with E-state index in [1.165, 1.54) is 12.7 Å². The van der Waals surface area contributed by atoms with Crippen LogP contribution in [0, 0.1) is 0 Å². The van der Waals surface area contributed by atoms with Crippen molar-refractivity contribution in [2.75, 3.05) is 20.7 Å².